The van der Waals surface area contributed by atoms with Crippen LogP contribution in [0.2, 0.25) is 0 Å². The van der Waals surface area contributed by atoms with Gasteiger partial charge >= 0.3 is 6.03 Å². The first-order chi connectivity index (χ1) is 11.7. The summed E-state index contributed by atoms with van der Waals surface area (Å²) in [5.41, 5.74) is 0.982. The number of amides is 2. The summed E-state index contributed by atoms with van der Waals surface area (Å²) in [7, 11) is 0. The van der Waals surface area contributed by atoms with Crippen LogP contribution >= 0.6 is 0 Å². The van der Waals surface area contributed by atoms with E-state index in [1.54, 1.807) is 0 Å². The summed E-state index contributed by atoms with van der Waals surface area (Å²) in [4.78, 5) is 14.3. The second-order valence-corrected chi connectivity index (χ2v) is 6.04. The van der Waals surface area contributed by atoms with Crippen LogP contribution in [-0.4, -0.2) is 63.0 Å². The molecule has 2 heterocycles. The first-order valence-electron chi connectivity index (χ1n) is 8.44. The third-order valence-electron chi connectivity index (χ3n) is 4.29. The van der Waals surface area contributed by atoms with Crippen molar-refractivity contribution in [1.82, 2.24) is 15.5 Å². The Labute approximate surface area is 142 Å². The molecule has 1 aromatic carbocycles. The van der Waals surface area contributed by atoms with E-state index < -0.39 is 0 Å². The van der Waals surface area contributed by atoms with Gasteiger partial charge in [-0.25, -0.2) is 4.79 Å². The summed E-state index contributed by atoms with van der Waals surface area (Å²) in [5.74, 6) is 1.50. The zero-order chi connectivity index (χ0) is 16.8. The SMILES string of the molecule is C[C@@H](CNC(=O)NCc1ccc2c(c1)OCCO2)N1CCOCC1. The van der Waals surface area contributed by atoms with E-state index in [-0.39, 0.29) is 6.03 Å². The molecule has 24 heavy (non-hydrogen) atoms. The molecule has 0 spiro atoms. The molecule has 0 unspecified atom stereocenters. The van der Waals surface area contributed by atoms with Crippen LogP contribution < -0.4 is 20.1 Å². The zero-order valence-electron chi connectivity index (χ0n) is 14.0. The van der Waals surface area contributed by atoms with Gasteiger partial charge in [-0.05, 0) is 24.6 Å². The largest absolute Gasteiger partial charge is 0.486 e. The molecule has 0 aromatic heterocycles. The monoisotopic (exact) mass is 335 g/mol. The van der Waals surface area contributed by atoms with Crippen molar-refractivity contribution in [3.63, 3.8) is 0 Å². The summed E-state index contributed by atoms with van der Waals surface area (Å²) < 4.78 is 16.4. The maximum atomic E-state index is 12.0. The van der Waals surface area contributed by atoms with Gasteiger partial charge in [0.05, 0.1) is 13.2 Å². The van der Waals surface area contributed by atoms with Crippen molar-refractivity contribution >= 4 is 6.03 Å². The molecule has 0 aliphatic carbocycles. The fraction of sp³-hybridized carbons (Fsp3) is 0.588. The third-order valence-corrected chi connectivity index (χ3v) is 4.29. The molecule has 1 aromatic rings. The van der Waals surface area contributed by atoms with E-state index in [4.69, 9.17) is 14.2 Å². The van der Waals surface area contributed by atoms with Crippen molar-refractivity contribution < 1.29 is 19.0 Å². The Balaban J connectivity index is 1.40. The third kappa shape index (κ3) is 4.52. The van der Waals surface area contributed by atoms with Crippen LogP contribution in [0, 0.1) is 0 Å². The Morgan fingerprint density at radius 3 is 2.67 bits per heavy atom. The van der Waals surface area contributed by atoms with Gasteiger partial charge in [-0.2, -0.15) is 0 Å². The zero-order valence-corrected chi connectivity index (χ0v) is 14.0. The topological polar surface area (TPSA) is 72.1 Å². The van der Waals surface area contributed by atoms with Crippen LogP contribution in [0.1, 0.15) is 12.5 Å². The van der Waals surface area contributed by atoms with Crippen LogP contribution in [0.25, 0.3) is 0 Å². The van der Waals surface area contributed by atoms with Crippen LogP contribution in [0.15, 0.2) is 18.2 Å². The van der Waals surface area contributed by atoms with E-state index in [0.29, 0.717) is 32.3 Å². The van der Waals surface area contributed by atoms with Gasteiger partial charge in [-0.1, -0.05) is 6.07 Å². The Bertz CT molecular complexity index is 561. The number of urea groups is 1. The van der Waals surface area contributed by atoms with Crippen molar-refractivity contribution in [2.45, 2.75) is 19.5 Å². The molecule has 2 amide bonds. The highest BCUT2D eigenvalue weighted by molar-refractivity contribution is 5.73. The average molecular weight is 335 g/mol. The first kappa shape index (κ1) is 16.9. The number of rotatable bonds is 5. The number of carbonyl (C=O) groups is 1. The lowest BCUT2D eigenvalue weighted by Crippen LogP contribution is -2.48. The number of hydrogen-bond acceptors (Lipinski definition) is 5. The van der Waals surface area contributed by atoms with Gasteiger partial charge in [-0.15, -0.1) is 0 Å². The average Bonchev–Trinajstić information content (AvgIpc) is 2.65. The van der Waals surface area contributed by atoms with Crippen molar-refractivity contribution in [1.29, 1.82) is 0 Å². The number of carbonyl (C=O) groups excluding carboxylic acids is 1. The standard InChI is InChI=1S/C17H25N3O4/c1-13(20-4-6-22-7-5-20)11-18-17(21)19-12-14-2-3-15-16(10-14)24-9-8-23-15/h2-3,10,13H,4-9,11-12H2,1H3,(H2,18,19,21)/t13-/m0/s1. The number of ether oxygens (including phenoxy) is 3. The summed E-state index contributed by atoms with van der Waals surface area (Å²) in [6, 6.07) is 5.86. The number of nitrogens with zero attached hydrogens (tertiary/aromatic N) is 1. The molecule has 0 radical (unpaired) electrons. The van der Waals surface area contributed by atoms with Crippen molar-refractivity contribution in [3.8, 4) is 11.5 Å². The minimum atomic E-state index is -0.162. The van der Waals surface area contributed by atoms with Gasteiger partial charge < -0.3 is 24.8 Å². The molecule has 1 fully saturated rings. The van der Waals surface area contributed by atoms with Crippen LogP contribution in [0.4, 0.5) is 4.79 Å². The molecule has 2 aliphatic rings. The summed E-state index contributed by atoms with van der Waals surface area (Å²) >= 11 is 0. The van der Waals surface area contributed by atoms with Crippen LogP contribution in [0.5, 0.6) is 11.5 Å². The van der Waals surface area contributed by atoms with E-state index in [9.17, 15) is 4.79 Å². The molecular weight excluding hydrogens is 310 g/mol. The highest BCUT2D eigenvalue weighted by atomic mass is 16.6. The molecule has 0 saturated carbocycles. The molecule has 1 saturated heterocycles. The maximum Gasteiger partial charge on any atom is 0.315 e. The molecule has 2 aliphatic heterocycles. The lowest BCUT2D eigenvalue weighted by Gasteiger charge is -2.32. The minimum absolute atomic E-state index is 0.162. The van der Waals surface area contributed by atoms with Crippen molar-refractivity contribution in [3.05, 3.63) is 23.8 Å². The molecule has 0 bridgehead atoms. The van der Waals surface area contributed by atoms with Gasteiger partial charge in [0.15, 0.2) is 11.5 Å². The van der Waals surface area contributed by atoms with Gasteiger partial charge in [0, 0.05) is 32.2 Å². The van der Waals surface area contributed by atoms with Gasteiger partial charge in [0.25, 0.3) is 0 Å². The summed E-state index contributed by atoms with van der Waals surface area (Å²) in [5, 5.41) is 5.80. The van der Waals surface area contributed by atoms with E-state index in [2.05, 4.69) is 22.5 Å². The number of benzene rings is 1. The number of morpholine rings is 1. The number of hydrogen-bond donors (Lipinski definition) is 2. The number of fused-ring (bicyclic) bond motifs is 1. The molecule has 2 N–H and O–H groups in total. The highest BCUT2D eigenvalue weighted by Gasteiger charge is 2.17. The Hall–Kier alpha value is -1.99. The maximum absolute atomic E-state index is 12.0. The van der Waals surface area contributed by atoms with Gasteiger partial charge in [0.1, 0.15) is 13.2 Å². The highest BCUT2D eigenvalue weighted by Crippen LogP contribution is 2.30. The minimum Gasteiger partial charge on any atom is -0.486 e. The van der Waals surface area contributed by atoms with E-state index >= 15 is 0 Å². The predicted octanol–water partition coefficient (Wildman–Crippen LogP) is 0.978. The molecule has 7 nitrogen and oxygen atoms in total. The number of nitrogens with one attached hydrogen (secondary N) is 2. The van der Waals surface area contributed by atoms with Crippen molar-refractivity contribution in [2.75, 3.05) is 46.1 Å². The predicted molar refractivity (Wildman–Crippen MR) is 89.5 cm³/mol. The summed E-state index contributed by atoms with van der Waals surface area (Å²) in [6.07, 6.45) is 0. The van der Waals surface area contributed by atoms with Gasteiger partial charge in [0.2, 0.25) is 0 Å². The fourth-order valence-electron chi connectivity index (χ4n) is 2.83. The smallest absolute Gasteiger partial charge is 0.315 e. The molecule has 3 rings (SSSR count). The molecular formula is C17H25N3O4. The Kier molecular flexibility index (Phi) is 5.77. The van der Waals surface area contributed by atoms with Crippen LogP contribution in [-0.2, 0) is 11.3 Å². The molecule has 7 heteroatoms. The second kappa shape index (κ2) is 8.21. The normalized spacial score (nSPS) is 18.7. The Morgan fingerprint density at radius 1 is 1.12 bits per heavy atom. The quantitative estimate of drug-likeness (QED) is 0.839. The van der Waals surface area contributed by atoms with Crippen molar-refractivity contribution in [2.24, 2.45) is 0 Å². The molecule has 132 valence electrons. The van der Waals surface area contributed by atoms with Crippen LogP contribution in [0.3, 0.4) is 0 Å². The molecule has 1 atom stereocenters. The van der Waals surface area contributed by atoms with E-state index in [1.165, 1.54) is 0 Å². The van der Waals surface area contributed by atoms with Gasteiger partial charge in [-0.3, -0.25) is 4.90 Å². The second-order valence-electron chi connectivity index (χ2n) is 6.04. The van der Waals surface area contributed by atoms with E-state index in [0.717, 1.165) is 43.4 Å². The first-order valence-corrected chi connectivity index (χ1v) is 8.44. The fourth-order valence-corrected chi connectivity index (χ4v) is 2.83. The lowest BCUT2D eigenvalue weighted by molar-refractivity contribution is 0.0209. The van der Waals surface area contributed by atoms with E-state index in [1.807, 2.05) is 18.2 Å². The lowest BCUT2D eigenvalue weighted by atomic mass is 10.2. The Morgan fingerprint density at radius 2 is 1.88 bits per heavy atom. The summed E-state index contributed by atoms with van der Waals surface area (Å²) in [6.45, 7) is 7.69.